The van der Waals surface area contributed by atoms with Crippen molar-refractivity contribution in [1.82, 2.24) is 15.6 Å². The SMILES string of the molecule is O=C(O)CCCNC(=O)NCc1ccnc(OC2CCCC2)c1. The van der Waals surface area contributed by atoms with Gasteiger partial charge in [0.05, 0.1) is 0 Å². The third kappa shape index (κ3) is 6.54. The van der Waals surface area contributed by atoms with E-state index >= 15 is 0 Å². The fraction of sp³-hybridized carbons (Fsp3) is 0.562. The number of aliphatic carboxylic acids is 1. The van der Waals surface area contributed by atoms with E-state index in [1.807, 2.05) is 12.1 Å². The maximum Gasteiger partial charge on any atom is 0.315 e. The van der Waals surface area contributed by atoms with Crippen LogP contribution in [-0.4, -0.2) is 34.7 Å². The van der Waals surface area contributed by atoms with Crippen LogP contribution in [0.4, 0.5) is 4.79 Å². The summed E-state index contributed by atoms with van der Waals surface area (Å²) in [5.74, 6) is -0.267. The first-order chi connectivity index (χ1) is 11.1. The average molecular weight is 321 g/mol. The van der Waals surface area contributed by atoms with Gasteiger partial charge in [-0.2, -0.15) is 0 Å². The molecule has 0 aromatic carbocycles. The Balaban J connectivity index is 1.70. The molecule has 0 saturated heterocycles. The van der Waals surface area contributed by atoms with Crippen molar-refractivity contribution in [3.05, 3.63) is 23.9 Å². The van der Waals surface area contributed by atoms with Crippen LogP contribution in [0.25, 0.3) is 0 Å². The summed E-state index contributed by atoms with van der Waals surface area (Å²) < 4.78 is 5.83. The summed E-state index contributed by atoms with van der Waals surface area (Å²) >= 11 is 0. The van der Waals surface area contributed by atoms with E-state index in [1.54, 1.807) is 6.20 Å². The van der Waals surface area contributed by atoms with Crippen LogP contribution < -0.4 is 15.4 Å². The number of carboxylic acids is 1. The van der Waals surface area contributed by atoms with Crippen LogP contribution >= 0.6 is 0 Å². The summed E-state index contributed by atoms with van der Waals surface area (Å²) in [6, 6.07) is 3.35. The van der Waals surface area contributed by atoms with Crippen LogP contribution in [0.3, 0.4) is 0 Å². The van der Waals surface area contributed by atoms with E-state index < -0.39 is 5.97 Å². The van der Waals surface area contributed by atoms with Crippen LogP contribution in [0, 0.1) is 0 Å². The van der Waals surface area contributed by atoms with E-state index in [0.29, 0.717) is 25.4 Å². The van der Waals surface area contributed by atoms with Gasteiger partial charge in [0.25, 0.3) is 0 Å². The predicted molar refractivity (Wildman–Crippen MR) is 84.2 cm³/mol. The largest absolute Gasteiger partial charge is 0.481 e. The molecule has 0 radical (unpaired) electrons. The van der Waals surface area contributed by atoms with Crippen LogP contribution in [0.5, 0.6) is 5.88 Å². The number of nitrogens with one attached hydrogen (secondary N) is 2. The number of hydrogen-bond donors (Lipinski definition) is 3. The number of amides is 2. The molecule has 3 N–H and O–H groups in total. The van der Waals surface area contributed by atoms with Crippen molar-refractivity contribution >= 4 is 12.0 Å². The standard InChI is InChI=1S/C16H23N3O4/c20-15(21)6-3-8-18-16(22)19-11-12-7-9-17-14(10-12)23-13-4-1-2-5-13/h7,9-10,13H,1-6,8,11H2,(H,20,21)(H2,18,19,22). The zero-order chi connectivity index (χ0) is 16.5. The van der Waals surface area contributed by atoms with Gasteiger partial charge in [0.15, 0.2) is 0 Å². The van der Waals surface area contributed by atoms with E-state index in [1.165, 1.54) is 12.8 Å². The minimum Gasteiger partial charge on any atom is -0.481 e. The van der Waals surface area contributed by atoms with Crippen molar-refractivity contribution < 1.29 is 19.4 Å². The highest BCUT2D eigenvalue weighted by Crippen LogP contribution is 2.23. The van der Waals surface area contributed by atoms with Crippen molar-refractivity contribution in [2.75, 3.05) is 6.54 Å². The lowest BCUT2D eigenvalue weighted by Crippen LogP contribution is -2.35. The minimum atomic E-state index is -0.862. The van der Waals surface area contributed by atoms with E-state index in [-0.39, 0.29) is 18.6 Å². The second-order valence-electron chi connectivity index (χ2n) is 5.63. The number of urea groups is 1. The maximum atomic E-state index is 11.6. The molecule has 7 nitrogen and oxygen atoms in total. The molecule has 1 aromatic rings. The van der Waals surface area contributed by atoms with Gasteiger partial charge >= 0.3 is 12.0 Å². The molecule has 1 fully saturated rings. The smallest absolute Gasteiger partial charge is 0.315 e. The zero-order valence-corrected chi connectivity index (χ0v) is 13.1. The minimum absolute atomic E-state index is 0.0481. The van der Waals surface area contributed by atoms with Gasteiger partial charge in [-0.25, -0.2) is 9.78 Å². The molecule has 1 aliphatic carbocycles. The molecule has 1 aliphatic rings. The monoisotopic (exact) mass is 321 g/mol. The van der Waals surface area contributed by atoms with Gasteiger partial charge in [-0.3, -0.25) is 4.79 Å². The molecule has 0 bridgehead atoms. The Hall–Kier alpha value is -2.31. The van der Waals surface area contributed by atoms with E-state index in [0.717, 1.165) is 18.4 Å². The van der Waals surface area contributed by atoms with E-state index in [4.69, 9.17) is 9.84 Å². The highest BCUT2D eigenvalue weighted by Gasteiger charge is 2.17. The second-order valence-corrected chi connectivity index (χ2v) is 5.63. The molecule has 2 rings (SSSR count). The molecule has 7 heteroatoms. The van der Waals surface area contributed by atoms with Crippen LogP contribution in [0.2, 0.25) is 0 Å². The number of carbonyl (C=O) groups excluding carboxylic acids is 1. The van der Waals surface area contributed by atoms with Crippen molar-refractivity contribution in [3.63, 3.8) is 0 Å². The summed E-state index contributed by atoms with van der Waals surface area (Å²) in [5.41, 5.74) is 0.911. The highest BCUT2D eigenvalue weighted by atomic mass is 16.5. The Kier molecular flexibility index (Phi) is 6.65. The first-order valence-corrected chi connectivity index (χ1v) is 7.98. The summed E-state index contributed by atoms with van der Waals surface area (Å²) in [5, 5.41) is 13.9. The molecule has 0 aliphatic heterocycles. The lowest BCUT2D eigenvalue weighted by Gasteiger charge is -2.13. The average Bonchev–Trinajstić information content (AvgIpc) is 3.03. The number of ether oxygens (including phenoxy) is 1. The zero-order valence-electron chi connectivity index (χ0n) is 13.1. The van der Waals surface area contributed by atoms with Crippen molar-refractivity contribution in [2.45, 2.75) is 51.2 Å². The summed E-state index contributed by atoms with van der Waals surface area (Å²) in [6.45, 7) is 0.707. The number of aromatic nitrogens is 1. The molecule has 23 heavy (non-hydrogen) atoms. The predicted octanol–water partition coefficient (Wildman–Crippen LogP) is 2.07. The molecule has 0 atom stereocenters. The Morgan fingerprint density at radius 3 is 2.83 bits per heavy atom. The van der Waals surface area contributed by atoms with Gasteiger partial charge in [-0.1, -0.05) is 0 Å². The van der Waals surface area contributed by atoms with Crippen LogP contribution in [0.15, 0.2) is 18.3 Å². The third-order valence-corrected chi connectivity index (χ3v) is 3.69. The van der Waals surface area contributed by atoms with Crippen LogP contribution in [0.1, 0.15) is 44.1 Å². The fourth-order valence-corrected chi connectivity index (χ4v) is 2.49. The molecule has 1 saturated carbocycles. The number of hydrogen-bond acceptors (Lipinski definition) is 4. The molecule has 2 amide bonds. The number of pyridine rings is 1. The molecule has 1 heterocycles. The number of nitrogens with zero attached hydrogens (tertiary/aromatic N) is 1. The number of carbonyl (C=O) groups is 2. The summed E-state index contributed by atoms with van der Waals surface area (Å²) in [6.07, 6.45) is 6.94. The topological polar surface area (TPSA) is 101 Å². The number of rotatable bonds is 8. The van der Waals surface area contributed by atoms with E-state index in [2.05, 4.69) is 15.6 Å². The summed E-state index contributed by atoms with van der Waals surface area (Å²) in [4.78, 5) is 26.2. The van der Waals surface area contributed by atoms with Gasteiger partial charge in [0.1, 0.15) is 6.10 Å². The van der Waals surface area contributed by atoms with Gasteiger partial charge in [0, 0.05) is 31.8 Å². The van der Waals surface area contributed by atoms with Crippen LogP contribution in [-0.2, 0) is 11.3 Å². The van der Waals surface area contributed by atoms with E-state index in [9.17, 15) is 9.59 Å². The van der Waals surface area contributed by atoms with Gasteiger partial charge < -0.3 is 20.5 Å². The molecular formula is C16H23N3O4. The third-order valence-electron chi connectivity index (χ3n) is 3.69. The van der Waals surface area contributed by atoms with Gasteiger partial charge in [-0.15, -0.1) is 0 Å². The Morgan fingerprint density at radius 1 is 1.30 bits per heavy atom. The lowest BCUT2D eigenvalue weighted by molar-refractivity contribution is -0.137. The Labute approximate surface area is 135 Å². The van der Waals surface area contributed by atoms with Gasteiger partial charge in [-0.05, 0) is 43.7 Å². The Bertz CT molecular complexity index is 530. The molecular weight excluding hydrogens is 298 g/mol. The lowest BCUT2D eigenvalue weighted by atomic mass is 10.2. The first-order valence-electron chi connectivity index (χ1n) is 7.98. The highest BCUT2D eigenvalue weighted by molar-refractivity contribution is 5.73. The Morgan fingerprint density at radius 2 is 2.09 bits per heavy atom. The van der Waals surface area contributed by atoms with Crippen molar-refractivity contribution in [2.24, 2.45) is 0 Å². The molecule has 0 unspecified atom stereocenters. The fourth-order valence-electron chi connectivity index (χ4n) is 2.49. The number of carboxylic acid groups (broad SMARTS) is 1. The van der Waals surface area contributed by atoms with Crippen molar-refractivity contribution in [3.8, 4) is 5.88 Å². The molecule has 0 spiro atoms. The second kappa shape index (κ2) is 8.97. The molecule has 126 valence electrons. The normalized spacial score (nSPS) is 14.4. The molecule has 1 aromatic heterocycles. The van der Waals surface area contributed by atoms with Gasteiger partial charge in [0.2, 0.25) is 5.88 Å². The maximum absolute atomic E-state index is 11.6. The van der Waals surface area contributed by atoms with Crippen molar-refractivity contribution in [1.29, 1.82) is 0 Å². The quantitative estimate of drug-likeness (QED) is 0.636. The summed E-state index contributed by atoms with van der Waals surface area (Å²) in [7, 11) is 0. The first kappa shape index (κ1) is 17.1.